The molecule has 0 aliphatic carbocycles. The van der Waals surface area contributed by atoms with Crippen LogP contribution in [-0.2, 0) is 23.8 Å². The van der Waals surface area contributed by atoms with Crippen LogP contribution in [0.3, 0.4) is 0 Å². The Bertz CT molecular complexity index is 737. The number of aliphatic carboxylic acids is 1. The van der Waals surface area contributed by atoms with E-state index < -0.39 is 35.9 Å². The minimum Gasteiger partial charge on any atom is -0.481 e. The molecular formula is C27H46O9. The minimum atomic E-state index is -1.11. The molecular weight excluding hydrogens is 468 g/mol. The summed E-state index contributed by atoms with van der Waals surface area (Å²) < 4.78 is 17.0. The molecule has 208 valence electrons. The molecule has 2 rings (SSSR count). The molecule has 2 fully saturated rings. The summed E-state index contributed by atoms with van der Waals surface area (Å²) in [4.78, 5) is 22.6. The van der Waals surface area contributed by atoms with Crippen molar-refractivity contribution in [1.29, 1.82) is 0 Å². The molecule has 0 radical (unpaired) electrons. The van der Waals surface area contributed by atoms with E-state index in [1.807, 2.05) is 6.92 Å². The summed E-state index contributed by atoms with van der Waals surface area (Å²) in [5.41, 5.74) is -0.323. The molecule has 0 aromatic carbocycles. The summed E-state index contributed by atoms with van der Waals surface area (Å²) in [6.45, 7) is 7.78. The van der Waals surface area contributed by atoms with Gasteiger partial charge in [0.05, 0.1) is 43.2 Å². The topological polar surface area (TPSA) is 146 Å². The number of unbranched alkanes of at least 4 members (excludes halogenated alkanes) is 5. The molecule has 9 nitrogen and oxygen atoms in total. The van der Waals surface area contributed by atoms with Gasteiger partial charge in [-0.25, -0.2) is 4.79 Å². The Morgan fingerprint density at radius 3 is 2.39 bits per heavy atom. The molecule has 8 atom stereocenters. The van der Waals surface area contributed by atoms with Crippen molar-refractivity contribution in [2.24, 2.45) is 11.8 Å². The molecule has 4 N–H and O–H groups in total. The summed E-state index contributed by atoms with van der Waals surface area (Å²) in [6, 6.07) is 0. The lowest BCUT2D eigenvalue weighted by atomic mass is 9.79. The van der Waals surface area contributed by atoms with Crippen molar-refractivity contribution < 1.29 is 44.2 Å². The molecule has 0 saturated carbocycles. The van der Waals surface area contributed by atoms with Crippen LogP contribution < -0.4 is 0 Å². The first-order chi connectivity index (χ1) is 16.9. The average Bonchev–Trinajstić information content (AvgIpc) is 3.56. The van der Waals surface area contributed by atoms with Gasteiger partial charge in [0.1, 0.15) is 6.10 Å². The van der Waals surface area contributed by atoms with Crippen LogP contribution in [0.15, 0.2) is 11.6 Å². The number of carboxylic acids is 1. The summed E-state index contributed by atoms with van der Waals surface area (Å²) in [6.07, 6.45) is 5.04. The zero-order valence-electron chi connectivity index (χ0n) is 22.2. The van der Waals surface area contributed by atoms with Crippen LogP contribution in [0.25, 0.3) is 0 Å². The van der Waals surface area contributed by atoms with Gasteiger partial charge in [0.2, 0.25) is 0 Å². The number of aliphatic hydroxyl groups is 3. The second-order valence-electron chi connectivity index (χ2n) is 10.9. The first-order valence-corrected chi connectivity index (χ1v) is 13.3. The SMILES string of the molecule is C/C(=C\C(=O)OCCCCCCCCC(=O)O)C[C@]1(C)OC[C@H](C[C@@H]2O[C@H]2[C@@H](C)[C@H](C)O)[C@@H](O)[C@H]1O. The average molecular weight is 515 g/mol. The van der Waals surface area contributed by atoms with Crippen LogP contribution in [0.4, 0.5) is 0 Å². The van der Waals surface area contributed by atoms with Crippen molar-refractivity contribution in [3.63, 3.8) is 0 Å². The van der Waals surface area contributed by atoms with E-state index in [-0.39, 0.29) is 43.5 Å². The third-order valence-electron chi connectivity index (χ3n) is 7.52. The molecule has 0 bridgehead atoms. The molecule has 36 heavy (non-hydrogen) atoms. The summed E-state index contributed by atoms with van der Waals surface area (Å²) in [7, 11) is 0. The van der Waals surface area contributed by atoms with Crippen LogP contribution in [0.1, 0.15) is 85.5 Å². The summed E-state index contributed by atoms with van der Waals surface area (Å²) in [5.74, 6) is -1.46. The monoisotopic (exact) mass is 514 g/mol. The van der Waals surface area contributed by atoms with Crippen LogP contribution in [-0.4, -0.2) is 81.7 Å². The zero-order chi connectivity index (χ0) is 26.9. The molecule has 2 aliphatic heterocycles. The molecule has 0 aromatic heterocycles. The molecule has 2 saturated heterocycles. The van der Waals surface area contributed by atoms with E-state index in [1.165, 1.54) is 6.08 Å². The predicted octanol–water partition coefficient (Wildman–Crippen LogP) is 2.98. The Hall–Kier alpha value is -1.52. The Morgan fingerprint density at radius 2 is 1.75 bits per heavy atom. The summed E-state index contributed by atoms with van der Waals surface area (Å²) in [5, 5.41) is 39.9. The van der Waals surface area contributed by atoms with Crippen molar-refractivity contribution in [2.75, 3.05) is 13.2 Å². The van der Waals surface area contributed by atoms with Gasteiger partial charge >= 0.3 is 11.9 Å². The van der Waals surface area contributed by atoms with E-state index in [2.05, 4.69) is 0 Å². The fraction of sp³-hybridized carbons (Fsp3) is 0.852. The second-order valence-corrected chi connectivity index (χ2v) is 10.9. The van der Waals surface area contributed by atoms with Gasteiger partial charge in [0.25, 0.3) is 0 Å². The van der Waals surface area contributed by atoms with Gasteiger partial charge in [-0.1, -0.05) is 38.2 Å². The van der Waals surface area contributed by atoms with Gasteiger partial charge in [-0.2, -0.15) is 0 Å². The number of ether oxygens (including phenoxy) is 3. The predicted molar refractivity (Wildman–Crippen MR) is 133 cm³/mol. The molecule has 0 spiro atoms. The Kier molecular flexibility index (Phi) is 12.3. The van der Waals surface area contributed by atoms with Crippen molar-refractivity contribution >= 4 is 11.9 Å². The number of esters is 1. The molecule has 2 heterocycles. The van der Waals surface area contributed by atoms with Crippen LogP contribution in [0.2, 0.25) is 0 Å². The lowest BCUT2D eigenvalue weighted by Crippen LogP contribution is -2.57. The minimum absolute atomic E-state index is 0.00910. The number of carbonyl (C=O) groups excluding carboxylic acids is 1. The highest BCUT2D eigenvalue weighted by molar-refractivity contribution is 5.82. The number of hydrogen-bond acceptors (Lipinski definition) is 8. The van der Waals surface area contributed by atoms with Crippen molar-refractivity contribution in [1.82, 2.24) is 0 Å². The maximum Gasteiger partial charge on any atom is 0.330 e. The first-order valence-electron chi connectivity index (χ1n) is 13.3. The van der Waals surface area contributed by atoms with E-state index >= 15 is 0 Å². The standard InChI is InChI=1S/C27H46O9/c1-17(13-23(31)34-12-10-8-6-5-7-9-11-22(29)30)15-27(4)26(33)24(32)20(16-35-27)14-21-25(36-21)18(2)19(3)28/h13,18-21,24-26,28,32-33H,5-12,14-16H2,1-4H3,(H,29,30)/b17-13+/t18-,19-,20-,21-,24+,25-,26+,27-/m0/s1. The van der Waals surface area contributed by atoms with Crippen molar-refractivity contribution in [3.8, 4) is 0 Å². The fourth-order valence-electron chi connectivity index (χ4n) is 4.95. The highest BCUT2D eigenvalue weighted by Crippen LogP contribution is 2.40. The largest absolute Gasteiger partial charge is 0.481 e. The number of rotatable bonds is 16. The number of aliphatic hydroxyl groups excluding tert-OH is 3. The van der Waals surface area contributed by atoms with E-state index in [4.69, 9.17) is 19.3 Å². The van der Waals surface area contributed by atoms with Gasteiger partial charge in [-0.3, -0.25) is 4.79 Å². The maximum absolute atomic E-state index is 12.2. The van der Waals surface area contributed by atoms with Gasteiger partial charge in [0.15, 0.2) is 0 Å². The maximum atomic E-state index is 12.2. The molecule has 2 aliphatic rings. The van der Waals surface area contributed by atoms with E-state index in [0.29, 0.717) is 25.0 Å². The number of carbonyl (C=O) groups is 2. The third kappa shape index (κ3) is 9.74. The first kappa shape index (κ1) is 30.7. The fourth-order valence-corrected chi connectivity index (χ4v) is 4.95. The lowest BCUT2D eigenvalue weighted by molar-refractivity contribution is -0.213. The Morgan fingerprint density at radius 1 is 1.11 bits per heavy atom. The highest BCUT2D eigenvalue weighted by Gasteiger charge is 2.51. The lowest BCUT2D eigenvalue weighted by Gasteiger charge is -2.45. The van der Waals surface area contributed by atoms with Gasteiger partial charge in [-0.15, -0.1) is 0 Å². The van der Waals surface area contributed by atoms with E-state index in [9.17, 15) is 24.9 Å². The Balaban J connectivity index is 1.68. The van der Waals surface area contributed by atoms with Crippen LogP contribution >= 0.6 is 0 Å². The van der Waals surface area contributed by atoms with Gasteiger partial charge < -0.3 is 34.6 Å². The second kappa shape index (κ2) is 14.4. The number of hydrogen-bond donors (Lipinski definition) is 4. The molecule has 9 heteroatoms. The smallest absolute Gasteiger partial charge is 0.330 e. The van der Waals surface area contributed by atoms with Crippen LogP contribution in [0, 0.1) is 11.8 Å². The number of carboxylic acid groups (broad SMARTS) is 1. The van der Waals surface area contributed by atoms with Crippen molar-refractivity contribution in [3.05, 3.63) is 11.6 Å². The third-order valence-corrected chi connectivity index (χ3v) is 7.52. The normalized spacial score (nSPS) is 32.1. The molecule has 0 amide bonds. The van der Waals surface area contributed by atoms with Gasteiger partial charge in [-0.05, 0) is 40.0 Å². The van der Waals surface area contributed by atoms with Crippen molar-refractivity contribution in [2.45, 2.75) is 122 Å². The summed E-state index contributed by atoms with van der Waals surface area (Å²) >= 11 is 0. The molecule has 0 aromatic rings. The molecule has 0 unspecified atom stereocenters. The number of epoxide rings is 1. The van der Waals surface area contributed by atoms with Crippen LogP contribution in [0.5, 0.6) is 0 Å². The quantitative estimate of drug-likeness (QED) is 0.106. The highest BCUT2D eigenvalue weighted by atomic mass is 16.6. The Labute approximate surface area is 214 Å². The zero-order valence-corrected chi connectivity index (χ0v) is 22.2. The van der Waals surface area contributed by atoms with E-state index in [1.54, 1.807) is 20.8 Å². The van der Waals surface area contributed by atoms with E-state index in [0.717, 1.165) is 32.1 Å². The van der Waals surface area contributed by atoms with Gasteiger partial charge in [0, 0.05) is 30.8 Å².